The second-order valence-corrected chi connectivity index (χ2v) is 4.91. The van der Waals surface area contributed by atoms with Gasteiger partial charge in [0.05, 0.1) is 18.8 Å². The third kappa shape index (κ3) is 4.03. The summed E-state index contributed by atoms with van der Waals surface area (Å²) in [4.78, 5) is 18.0. The van der Waals surface area contributed by atoms with E-state index in [9.17, 15) is 9.18 Å². The molecule has 0 saturated carbocycles. The summed E-state index contributed by atoms with van der Waals surface area (Å²) in [5, 5.41) is 2.68. The summed E-state index contributed by atoms with van der Waals surface area (Å²) in [7, 11) is 3.73. The summed E-state index contributed by atoms with van der Waals surface area (Å²) in [6, 6.07) is 4.09. The lowest BCUT2D eigenvalue weighted by atomic mass is 10.2. The van der Waals surface area contributed by atoms with Crippen LogP contribution in [-0.4, -0.2) is 34.0 Å². The van der Waals surface area contributed by atoms with Crippen molar-refractivity contribution in [2.45, 2.75) is 6.54 Å². The van der Waals surface area contributed by atoms with Crippen LogP contribution in [0.2, 0.25) is 0 Å². The first-order chi connectivity index (χ1) is 9.95. The van der Waals surface area contributed by atoms with E-state index in [-0.39, 0.29) is 18.1 Å². The van der Waals surface area contributed by atoms with Crippen LogP contribution in [0.1, 0.15) is 5.82 Å². The Balaban J connectivity index is 1.89. The van der Waals surface area contributed by atoms with Gasteiger partial charge in [-0.05, 0) is 25.2 Å². The zero-order chi connectivity index (χ0) is 15.4. The number of nitrogens with one attached hydrogen (secondary N) is 1. The lowest BCUT2D eigenvalue weighted by Gasteiger charge is -2.16. The first-order valence-corrected chi connectivity index (χ1v) is 6.45. The van der Waals surface area contributed by atoms with Crippen molar-refractivity contribution < 1.29 is 9.18 Å². The van der Waals surface area contributed by atoms with Gasteiger partial charge in [-0.25, -0.2) is 9.37 Å². The molecule has 6 nitrogen and oxygen atoms in total. The third-order valence-corrected chi connectivity index (χ3v) is 3.03. The van der Waals surface area contributed by atoms with Crippen molar-refractivity contribution >= 4 is 17.3 Å². The minimum Gasteiger partial charge on any atom is -0.396 e. The highest BCUT2D eigenvalue weighted by Crippen LogP contribution is 2.16. The van der Waals surface area contributed by atoms with Gasteiger partial charge in [0.2, 0.25) is 5.91 Å². The van der Waals surface area contributed by atoms with Gasteiger partial charge >= 0.3 is 0 Å². The average Bonchev–Trinajstić information content (AvgIpc) is 2.79. The van der Waals surface area contributed by atoms with Crippen LogP contribution in [0, 0.1) is 5.82 Å². The maximum absolute atomic E-state index is 13.0. The predicted octanol–water partition coefficient (Wildman–Crippen LogP) is 1.21. The maximum atomic E-state index is 13.0. The Labute approximate surface area is 122 Å². The topological polar surface area (TPSA) is 76.2 Å². The van der Waals surface area contributed by atoms with Crippen LogP contribution < -0.4 is 11.1 Å². The number of hydrogen-bond acceptors (Lipinski definition) is 4. The molecule has 0 aliphatic carbocycles. The Hall–Kier alpha value is -2.41. The van der Waals surface area contributed by atoms with E-state index in [0.717, 1.165) is 5.82 Å². The molecule has 112 valence electrons. The normalized spacial score (nSPS) is 10.9. The fourth-order valence-electron chi connectivity index (χ4n) is 1.91. The van der Waals surface area contributed by atoms with Gasteiger partial charge in [0.15, 0.2) is 0 Å². The highest BCUT2D eigenvalue weighted by atomic mass is 19.1. The number of hydrogen-bond donors (Lipinski definition) is 2. The van der Waals surface area contributed by atoms with E-state index < -0.39 is 5.82 Å². The van der Waals surface area contributed by atoms with Gasteiger partial charge in [0, 0.05) is 25.1 Å². The Bertz CT molecular complexity index is 640. The van der Waals surface area contributed by atoms with Crippen LogP contribution in [0.5, 0.6) is 0 Å². The van der Waals surface area contributed by atoms with Crippen molar-refractivity contribution in [3.8, 4) is 0 Å². The quantitative estimate of drug-likeness (QED) is 0.812. The van der Waals surface area contributed by atoms with E-state index in [2.05, 4.69) is 10.3 Å². The number of likely N-dealkylation sites (N-methyl/N-ethyl adjacent to an activating group) is 1. The fraction of sp³-hybridized carbons (Fsp3) is 0.286. The van der Waals surface area contributed by atoms with Crippen molar-refractivity contribution in [1.82, 2.24) is 14.5 Å². The van der Waals surface area contributed by atoms with Crippen LogP contribution in [-0.2, 0) is 18.4 Å². The van der Waals surface area contributed by atoms with Crippen LogP contribution in [0.3, 0.4) is 0 Å². The van der Waals surface area contributed by atoms with Crippen molar-refractivity contribution in [1.29, 1.82) is 0 Å². The molecule has 0 spiro atoms. The molecular weight excluding hydrogens is 273 g/mol. The number of carbonyl (C=O) groups is 1. The van der Waals surface area contributed by atoms with Gasteiger partial charge in [0.25, 0.3) is 0 Å². The Morgan fingerprint density at radius 2 is 2.29 bits per heavy atom. The number of nitrogen functional groups attached to an aromatic ring is 1. The van der Waals surface area contributed by atoms with Gasteiger partial charge in [0.1, 0.15) is 11.6 Å². The third-order valence-electron chi connectivity index (χ3n) is 3.03. The van der Waals surface area contributed by atoms with E-state index in [1.54, 1.807) is 6.20 Å². The van der Waals surface area contributed by atoms with Crippen molar-refractivity contribution in [2.24, 2.45) is 7.05 Å². The summed E-state index contributed by atoms with van der Waals surface area (Å²) in [5.74, 6) is 0.175. The van der Waals surface area contributed by atoms with Crippen LogP contribution >= 0.6 is 0 Å². The van der Waals surface area contributed by atoms with E-state index in [0.29, 0.717) is 12.2 Å². The van der Waals surface area contributed by atoms with Gasteiger partial charge in [-0.3, -0.25) is 9.69 Å². The van der Waals surface area contributed by atoms with Gasteiger partial charge in [-0.2, -0.15) is 0 Å². The summed E-state index contributed by atoms with van der Waals surface area (Å²) in [6.07, 6.45) is 3.56. The number of halogens is 1. The predicted molar refractivity (Wildman–Crippen MR) is 79.0 cm³/mol. The molecule has 0 aliphatic heterocycles. The number of amides is 1. The maximum Gasteiger partial charge on any atom is 0.238 e. The second-order valence-electron chi connectivity index (χ2n) is 4.91. The van der Waals surface area contributed by atoms with Gasteiger partial charge in [-0.15, -0.1) is 0 Å². The smallest absolute Gasteiger partial charge is 0.238 e. The highest BCUT2D eigenvalue weighted by molar-refractivity contribution is 5.92. The molecule has 0 fully saturated rings. The van der Waals surface area contributed by atoms with Crippen molar-refractivity contribution in [3.05, 3.63) is 42.2 Å². The number of carbonyl (C=O) groups excluding carboxylic acids is 1. The van der Waals surface area contributed by atoms with Crippen LogP contribution in [0.4, 0.5) is 15.8 Å². The minimum absolute atomic E-state index is 0.00849. The first kappa shape index (κ1) is 15.0. The zero-order valence-corrected chi connectivity index (χ0v) is 12.0. The molecule has 1 aromatic carbocycles. The molecule has 3 N–H and O–H groups in total. The monoisotopic (exact) mass is 291 g/mol. The van der Waals surface area contributed by atoms with Crippen molar-refractivity contribution in [2.75, 3.05) is 24.6 Å². The van der Waals surface area contributed by atoms with E-state index in [4.69, 9.17) is 5.73 Å². The molecular formula is C14H18FN5O. The molecule has 0 saturated heterocycles. The Morgan fingerprint density at radius 3 is 2.90 bits per heavy atom. The largest absolute Gasteiger partial charge is 0.396 e. The van der Waals surface area contributed by atoms with E-state index in [1.165, 1.54) is 18.2 Å². The Morgan fingerprint density at radius 1 is 1.52 bits per heavy atom. The average molecular weight is 291 g/mol. The highest BCUT2D eigenvalue weighted by Gasteiger charge is 2.10. The molecule has 2 rings (SSSR count). The summed E-state index contributed by atoms with van der Waals surface area (Å²) >= 11 is 0. The van der Waals surface area contributed by atoms with E-state index >= 15 is 0 Å². The lowest BCUT2D eigenvalue weighted by Crippen LogP contribution is -2.30. The summed E-state index contributed by atoms with van der Waals surface area (Å²) in [6.45, 7) is 0.757. The number of imidazole rings is 1. The van der Waals surface area contributed by atoms with Crippen LogP contribution in [0.15, 0.2) is 30.6 Å². The number of nitrogens with zero attached hydrogens (tertiary/aromatic N) is 3. The molecule has 1 amide bonds. The SMILES string of the molecule is CN(CC(=O)Nc1ccc(F)c(N)c1)Cc1nccn1C. The number of anilines is 2. The zero-order valence-electron chi connectivity index (χ0n) is 12.0. The molecule has 0 atom stereocenters. The summed E-state index contributed by atoms with van der Waals surface area (Å²) in [5.41, 5.74) is 5.94. The molecule has 7 heteroatoms. The minimum atomic E-state index is -0.500. The molecule has 0 unspecified atom stereocenters. The van der Waals surface area contributed by atoms with Crippen LogP contribution in [0.25, 0.3) is 0 Å². The number of aryl methyl sites for hydroxylation is 1. The second kappa shape index (κ2) is 6.36. The molecule has 0 radical (unpaired) electrons. The van der Waals surface area contributed by atoms with Gasteiger partial charge < -0.3 is 15.6 Å². The fourth-order valence-corrected chi connectivity index (χ4v) is 1.91. The first-order valence-electron chi connectivity index (χ1n) is 6.45. The lowest BCUT2D eigenvalue weighted by molar-refractivity contribution is -0.117. The molecule has 21 heavy (non-hydrogen) atoms. The molecule has 1 aromatic heterocycles. The molecule has 1 heterocycles. The molecule has 0 bridgehead atoms. The standard InChI is InChI=1S/C14H18FN5O/c1-19(8-13-17-5-6-20(13)2)9-14(21)18-10-3-4-11(15)12(16)7-10/h3-7H,8-9,16H2,1-2H3,(H,18,21). The molecule has 2 aromatic rings. The molecule has 0 aliphatic rings. The summed E-state index contributed by atoms with van der Waals surface area (Å²) < 4.78 is 14.9. The van der Waals surface area contributed by atoms with E-state index in [1.807, 2.05) is 29.8 Å². The number of aromatic nitrogens is 2. The number of nitrogens with two attached hydrogens (primary N) is 1. The van der Waals surface area contributed by atoms with Gasteiger partial charge in [-0.1, -0.05) is 0 Å². The van der Waals surface area contributed by atoms with Crippen molar-refractivity contribution in [3.63, 3.8) is 0 Å². The Kier molecular flexibility index (Phi) is 4.54. The number of rotatable bonds is 5. The number of benzene rings is 1.